The number of rotatable bonds is 6. The van der Waals surface area contributed by atoms with Crippen molar-refractivity contribution in [1.82, 2.24) is 18.7 Å². The zero-order valence-electron chi connectivity index (χ0n) is 13.3. The summed E-state index contributed by atoms with van der Waals surface area (Å²) in [4.78, 5) is 28.5. The van der Waals surface area contributed by atoms with Gasteiger partial charge in [-0.1, -0.05) is 33.1 Å². The molecule has 1 atom stereocenters. The molecule has 1 unspecified atom stereocenters. The lowest BCUT2D eigenvalue weighted by Crippen LogP contribution is -2.37. The standard InChI is InChI=1S/C15H24N4O2/c1-5-7-8-11(6-2)9-19-10-16-13-12(19)14(20)18(4)15(21)17(13)3/h10-11H,5-9H2,1-4H3. The molecule has 2 aromatic rings. The first kappa shape index (κ1) is 15.5. The van der Waals surface area contributed by atoms with Gasteiger partial charge in [-0.15, -0.1) is 0 Å². The fraction of sp³-hybridized carbons (Fsp3) is 0.667. The van der Waals surface area contributed by atoms with E-state index in [9.17, 15) is 9.59 Å². The minimum Gasteiger partial charge on any atom is -0.324 e. The number of imidazole rings is 1. The maximum Gasteiger partial charge on any atom is 0.332 e. The van der Waals surface area contributed by atoms with E-state index in [-0.39, 0.29) is 11.2 Å². The van der Waals surface area contributed by atoms with Gasteiger partial charge in [-0.3, -0.25) is 13.9 Å². The number of nitrogens with zero attached hydrogens (tertiary/aromatic N) is 4. The number of fused-ring (bicyclic) bond motifs is 1. The van der Waals surface area contributed by atoms with Crippen LogP contribution in [0.15, 0.2) is 15.9 Å². The largest absolute Gasteiger partial charge is 0.332 e. The Morgan fingerprint density at radius 2 is 1.90 bits per heavy atom. The highest BCUT2D eigenvalue weighted by molar-refractivity contribution is 5.69. The highest BCUT2D eigenvalue weighted by Gasteiger charge is 2.16. The number of hydrogen-bond acceptors (Lipinski definition) is 3. The minimum atomic E-state index is -0.337. The number of aryl methyl sites for hydroxylation is 1. The van der Waals surface area contributed by atoms with E-state index in [0.717, 1.165) is 24.0 Å². The third kappa shape index (κ3) is 2.80. The van der Waals surface area contributed by atoms with Crippen molar-refractivity contribution < 1.29 is 0 Å². The Labute approximate surface area is 124 Å². The van der Waals surface area contributed by atoms with Crippen LogP contribution in [0.2, 0.25) is 0 Å². The van der Waals surface area contributed by atoms with Crippen LogP contribution in [-0.2, 0) is 20.6 Å². The van der Waals surface area contributed by atoms with Gasteiger partial charge in [0.25, 0.3) is 5.56 Å². The van der Waals surface area contributed by atoms with E-state index in [1.165, 1.54) is 24.5 Å². The predicted octanol–water partition coefficient (Wildman–Crippen LogP) is 1.65. The van der Waals surface area contributed by atoms with Gasteiger partial charge in [-0.2, -0.15) is 0 Å². The van der Waals surface area contributed by atoms with E-state index in [2.05, 4.69) is 18.8 Å². The molecule has 0 saturated heterocycles. The first-order valence-corrected chi connectivity index (χ1v) is 7.62. The van der Waals surface area contributed by atoms with Gasteiger partial charge < -0.3 is 4.57 Å². The summed E-state index contributed by atoms with van der Waals surface area (Å²) in [6, 6.07) is 0. The summed E-state index contributed by atoms with van der Waals surface area (Å²) in [6.07, 6.45) is 6.28. The molecular weight excluding hydrogens is 268 g/mol. The Hall–Kier alpha value is -1.85. The van der Waals surface area contributed by atoms with Crippen molar-refractivity contribution in [2.24, 2.45) is 20.0 Å². The molecule has 0 N–H and O–H groups in total. The van der Waals surface area contributed by atoms with Gasteiger partial charge in [0.15, 0.2) is 11.2 Å². The Bertz CT molecular complexity index is 738. The van der Waals surface area contributed by atoms with Crippen LogP contribution in [0.3, 0.4) is 0 Å². The topological polar surface area (TPSA) is 61.8 Å². The Morgan fingerprint density at radius 3 is 2.52 bits per heavy atom. The minimum absolute atomic E-state index is 0.268. The maximum absolute atomic E-state index is 12.4. The molecule has 0 bridgehead atoms. The fourth-order valence-electron chi connectivity index (χ4n) is 2.73. The highest BCUT2D eigenvalue weighted by Crippen LogP contribution is 2.17. The average Bonchev–Trinajstić information content (AvgIpc) is 2.90. The zero-order chi connectivity index (χ0) is 15.6. The first-order valence-electron chi connectivity index (χ1n) is 7.62. The second kappa shape index (κ2) is 6.28. The van der Waals surface area contributed by atoms with Crippen LogP contribution in [0.25, 0.3) is 11.2 Å². The molecule has 0 aliphatic heterocycles. The van der Waals surface area contributed by atoms with Crippen LogP contribution in [0.5, 0.6) is 0 Å². The van der Waals surface area contributed by atoms with E-state index in [4.69, 9.17) is 0 Å². The van der Waals surface area contributed by atoms with E-state index >= 15 is 0 Å². The molecule has 6 heteroatoms. The van der Waals surface area contributed by atoms with E-state index in [1.807, 2.05) is 4.57 Å². The lowest BCUT2D eigenvalue weighted by molar-refractivity contribution is 0.394. The van der Waals surface area contributed by atoms with Gasteiger partial charge >= 0.3 is 5.69 Å². The highest BCUT2D eigenvalue weighted by atomic mass is 16.2. The SMILES string of the molecule is CCCCC(CC)Cn1cnc2c1c(=O)n(C)c(=O)n2C. The predicted molar refractivity (Wildman–Crippen MR) is 83.5 cm³/mol. The second-order valence-corrected chi connectivity index (χ2v) is 5.69. The van der Waals surface area contributed by atoms with Crippen LogP contribution in [0.4, 0.5) is 0 Å². The van der Waals surface area contributed by atoms with Crippen molar-refractivity contribution in [2.75, 3.05) is 0 Å². The van der Waals surface area contributed by atoms with Gasteiger partial charge in [0.1, 0.15) is 0 Å². The summed E-state index contributed by atoms with van der Waals surface area (Å²) in [6.45, 7) is 5.14. The molecule has 0 aliphatic rings. The van der Waals surface area contributed by atoms with Crippen molar-refractivity contribution >= 4 is 11.2 Å². The van der Waals surface area contributed by atoms with E-state index < -0.39 is 0 Å². The molecule has 6 nitrogen and oxygen atoms in total. The van der Waals surface area contributed by atoms with Crippen LogP contribution in [-0.4, -0.2) is 18.7 Å². The Morgan fingerprint density at radius 1 is 1.19 bits per heavy atom. The molecule has 2 aromatic heterocycles. The number of aromatic nitrogens is 4. The van der Waals surface area contributed by atoms with Gasteiger partial charge in [0, 0.05) is 20.6 Å². The van der Waals surface area contributed by atoms with Crippen molar-refractivity contribution in [2.45, 2.75) is 46.1 Å². The molecule has 0 aliphatic carbocycles. The summed E-state index contributed by atoms with van der Waals surface area (Å²) >= 11 is 0. The Kier molecular flexibility index (Phi) is 4.65. The Balaban J connectivity index is 2.47. The van der Waals surface area contributed by atoms with Gasteiger partial charge in [0.05, 0.1) is 6.33 Å². The van der Waals surface area contributed by atoms with Crippen molar-refractivity contribution in [3.8, 4) is 0 Å². The van der Waals surface area contributed by atoms with Crippen molar-refractivity contribution in [3.63, 3.8) is 0 Å². The molecule has 2 heterocycles. The third-order valence-electron chi connectivity index (χ3n) is 4.22. The quantitative estimate of drug-likeness (QED) is 0.813. The zero-order valence-corrected chi connectivity index (χ0v) is 13.3. The molecule has 0 saturated carbocycles. The molecule has 116 valence electrons. The number of hydrogen-bond donors (Lipinski definition) is 0. The molecule has 0 fully saturated rings. The summed E-state index contributed by atoms with van der Waals surface area (Å²) in [5.41, 5.74) is 0.384. The van der Waals surface area contributed by atoms with Crippen molar-refractivity contribution in [3.05, 3.63) is 27.2 Å². The first-order chi connectivity index (χ1) is 10.0. The normalized spacial score (nSPS) is 13.0. The lowest BCUT2D eigenvalue weighted by atomic mass is 9.99. The summed E-state index contributed by atoms with van der Waals surface area (Å²) in [7, 11) is 3.16. The molecule has 21 heavy (non-hydrogen) atoms. The molecule has 0 aromatic carbocycles. The fourth-order valence-corrected chi connectivity index (χ4v) is 2.73. The van der Waals surface area contributed by atoms with Crippen molar-refractivity contribution in [1.29, 1.82) is 0 Å². The van der Waals surface area contributed by atoms with Crippen LogP contribution >= 0.6 is 0 Å². The molecule has 0 amide bonds. The van der Waals surface area contributed by atoms with Gasteiger partial charge in [0.2, 0.25) is 0 Å². The molecule has 2 rings (SSSR count). The van der Waals surface area contributed by atoms with E-state index in [1.54, 1.807) is 13.4 Å². The van der Waals surface area contributed by atoms with Crippen LogP contribution in [0, 0.1) is 5.92 Å². The van der Waals surface area contributed by atoms with Gasteiger partial charge in [-0.25, -0.2) is 9.78 Å². The monoisotopic (exact) mass is 292 g/mol. The smallest absolute Gasteiger partial charge is 0.324 e. The van der Waals surface area contributed by atoms with Crippen LogP contribution < -0.4 is 11.2 Å². The molecule has 0 radical (unpaired) electrons. The molecule has 0 spiro atoms. The lowest BCUT2D eigenvalue weighted by Gasteiger charge is -2.15. The van der Waals surface area contributed by atoms with Gasteiger partial charge in [-0.05, 0) is 12.3 Å². The summed E-state index contributed by atoms with van der Waals surface area (Å²) in [5.74, 6) is 0.532. The summed E-state index contributed by atoms with van der Waals surface area (Å²) in [5, 5.41) is 0. The third-order valence-corrected chi connectivity index (χ3v) is 4.22. The second-order valence-electron chi connectivity index (χ2n) is 5.69. The maximum atomic E-state index is 12.4. The van der Waals surface area contributed by atoms with E-state index in [0.29, 0.717) is 17.1 Å². The molecular formula is C15H24N4O2. The average molecular weight is 292 g/mol. The summed E-state index contributed by atoms with van der Waals surface area (Å²) < 4.78 is 4.48. The van der Waals surface area contributed by atoms with Crippen LogP contribution in [0.1, 0.15) is 39.5 Å². The number of unbranched alkanes of at least 4 members (excludes halogenated alkanes) is 1.